The Kier molecular flexibility index (Phi) is 5.21. The lowest BCUT2D eigenvalue weighted by atomic mass is 9.93. The summed E-state index contributed by atoms with van der Waals surface area (Å²) in [7, 11) is 0. The largest absolute Gasteiger partial charge is 0.371 e. The second kappa shape index (κ2) is 7.84. The van der Waals surface area contributed by atoms with E-state index in [0.717, 1.165) is 41.1 Å². The predicted octanol–water partition coefficient (Wildman–Crippen LogP) is 5.62. The maximum Gasteiger partial charge on any atom is 0.160 e. The van der Waals surface area contributed by atoms with E-state index in [1.165, 1.54) is 29.7 Å². The molecule has 0 amide bonds. The number of amidine groups is 1. The van der Waals surface area contributed by atoms with Crippen molar-refractivity contribution < 1.29 is 0 Å². The van der Waals surface area contributed by atoms with Gasteiger partial charge in [-0.05, 0) is 55.5 Å². The summed E-state index contributed by atoms with van der Waals surface area (Å²) in [5, 5.41) is 2.04. The third-order valence-electron chi connectivity index (χ3n) is 6.48. The fraction of sp³-hybridized carbons (Fsp3) is 0.478. The van der Waals surface area contributed by atoms with Crippen molar-refractivity contribution in [2.45, 2.75) is 51.2 Å². The van der Waals surface area contributed by atoms with Crippen molar-refractivity contribution in [1.82, 2.24) is 9.88 Å². The maximum atomic E-state index is 7.06. The van der Waals surface area contributed by atoms with E-state index in [1.807, 2.05) is 24.0 Å². The minimum atomic E-state index is -0.0115. The summed E-state index contributed by atoms with van der Waals surface area (Å²) in [5.74, 6) is 1.10. The van der Waals surface area contributed by atoms with Crippen LogP contribution in [0, 0.1) is 6.92 Å². The van der Waals surface area contributed by atoms with Gasteiger partial charge in [0, 0.05) is 36.8 Å². The van der Waals surface area contributed by atoms with E-state index < -0.39 is 0 Å². The molecule has 0 unspecified atom stereocenters. The van der Waals surface area contributed by atoms with E-state index in [4.69, 9.17) is 16.6 Å². The zero-order valence-corrected chi connectivity index (χ0v) is 18.6. The highest BCUT2D eigenvalue weighted by atomic mass is 35.5. The lowest BCUT2D eigenvalue weighted by Gasteiger charge is -2.33. The first-order valence-corrected chi connectivity index (χ1v) is 12.0. The third-order valence-corrected chi connectivity index (χ3v) is 8.11. The number of fused-ring (bicyclic) bond motifs is 1. The van der Waals surface area contributed by atoms with E-state index in [-0.39, 0.29) is 12.1 Å². The molecule has 1 aromatic heterocycles. The highest BCUT2D eigenvalue weighted by Crippen LogP contribution is 2.51. The van der Waals surface area contributed by atoms with Crippen LogP contribution in [-0.2, 0) is 0 Å². The molecule has 2 saturated heterocycles. The molecule has 29 heavy (non-hydrogen) atoms. The van der Waals surface area contributed by atoms with Gasteiger partial charge in [-0.3, -0.25) is 9.98 Å². The number of thioether (sulfide) groups is 1. The van der Waals surface area contributed by atoms with Crippen molar-refractivity contribution in [2.24, 2.45) is 4.99 Å². The van der Waals surface area contributed by atoms with Gasteiger partial charge in [0.25, 0.3) is 0 Å². The summed E-state index contributed by atoms with van der Waals surface area (Å²) in [6, 6.07) is 11.2. The van der Waals surface area contributed by atoms with Crippen molar-refractivity contribution in [2.75, 3.05) is 23.7 Å². The molecule has 0 saturated carbocycles. The molecular formula is C23H27ClN4S. The highest BCUT2D eigenvalue weighted by molar-refractivity contribution is 8.14. The molecule has 5 rings (SSSR count). The van der Waals surface area contributed by atoms with E-state index in [9.17, 15) is 0 Å². The summed E-state index contributed by atoms with van der Waals surface area (Å²) < 4.78 is 0. The van der Waals surface area contributed by atoms with Gasteiger partial charge in [0.1, 0.15) is 6.04 Å². The first-order valence-electron chi connectivity index (χ1n) is 10.6. The van der Waals surface area contributed by atoms with Crippen LogP contribution in [0.25, 0.3) is 0 Å². The van der Waals surface area contributed by atoms with Crippen LogP contribution in [0.5, 0.6) is 0 Å². The Bertz CT molecular complexity index is 926. The lowest BCUT2D eigenvalue weighted by molar-refractivity contribution is 0.255. The summed E-state index contributed by atoms with van der Waals surface area (Å²) in [4.78, 5) is 14.8. The van der Waals surface area contributed by atoms with Crippen LogP contribution in [-0.4, -0.2) is 39.9 Å². The molecule has 2 aromatic rings. The average Bonchev–Trinajstić information content (AvgIpc) is 3.47. The molecule has 0 aliphatic carbocycles. The van der Waals surface area contributed by atoms with Crippen LogP contribution in [0.4, 0.5) is 5.69 Å². The Hall–Kier alpha value is -1.72. The minimum absolute atomic E-state index is 0.0115. The summed E-state index contributed by atoms with van der Waals surface area (Å²) in [6.45, 7) is 6.69. The zero-order chi connectivity index (χ0) is 20.0. The van der Waals surface area contributed by atoms with Gasteiger partial charge in [0.15, 0.2) is 5.17 Å². The number of hydrogen-bond donors (Lipinski definition) is 0. The first kappa shape index (κ1) is 19.3. The molecule has 0 radical (unpaired) electrons. The maximum absolute atomic E-state index is 7.06. The smallest absolute Gasteiger partial charge is 0.160 e. The van der Waals surface area contributed by atoms with Crippen LogP contribution in [0.3, 0.4) is 0 Å². The lowest BCUT2D eigenvalue weighted by Crippen LogP contribution is -2.35. The monoisotopic (exact) mass is 426 g/mol. The number of nitrogens with zero attached hydrogens (tertiary/aromatic N) is 4. The topological polar surface area (TPSA) is 31.7 Å². The fourth-order valence-corrected chi connectivity index (χ4v) is 6.52. The Balaban J connectivity index is 1.59. The van der Waals surface area contributed by atoms with Gasteiger partial charge in [-0.25, -0.2) is 0 Å². The molecule has 4 heterocycles. The molecule has 2 fully saturated rings. The Morgan fingerprint density at radius 2 is 2.00 bits per heavy atom. The van der Waals surface area contributed by atoms with Crippen LogP contribution < -0.4 is 4.90 Å². The van der Waals surface area contributed by atoms with Crippen molar-refractivity contribution >= 4 is 34.2 Å². The minimum Gasteiger partial charge on any atom is -0.371 e. The molecule has 0 N–H and O–H groups in total. The van der Waals surface area contributed by atoms with Crippen LogP contribution >= 0.6 is 23.4 Å². The quantitative estimate of drug-likeness (QED) is 0.634. The number of aliphatic imine (C=N–C) groups is 1. The van der Waals surface area contributed by atoms with Gasteiger partial charge in [-0.2, -0.15) is 0 Å². The van der Waals surface area contributed by atoms with Gasteiger partial charge in [0.2, 0.25) is 0 Å². The Morgan fingerprint density at radius 3 is 2.72 bits per heavy atom. The van der Waals surface area contributed by atoms with Gasteiger partial charge in [0.05, 0.1) is 16.8 Å². The van der Waals surface area contributed by atoms with E-state index in [1.54, 1.807) is 0 Å². The number of benzene rings is 1. The molecule has 1 aromatic carbocycles. The van der Waals surface area contributed by atoms with E-state index in [2.05, 4.69) is 52.9 Å². The fourth-order valence-electron chi connectivity index (χ4n) is 4.91. The van der Waals surface area contributed by atoms with Crippen LogP contribution in [0.15, 0.2) is 41.5 Å². The van der Waals surface area contributed by atoms with Crippen LogP contribution in [0.2, 0.25) is 5.02 Å². The number of halogens is 1. The molecule has 3 aliphatic heterocycles. The van der Waals surface area contributed by atoms with Gasteiger partial charge < -0.3 is 9.80 Å². The Labute approximate surface area is 182 Å². The third kappa shape index (κ3) is 3.23. The molecule has 0 bridgehead atoms. The number of rotatable bonds is 4. The van der Waals surface area contributed by atoms with E-state index in [0.29, 0.717) is 6.04 Å². The second-order valence-corrected chi connectivity index (χ2v) is 9.51. The normalized spacial score (nSPS) is 26.2. The number of hydrogen-bond acceptors (Lipinski definition) is 5. The van der Waals surface area contributed by atoms with Gasteiger partial charge in [-0.1, -0.05) is 42.4 Å². The molecule has 4 nitrogen and oxygen atoms in total. The Morgan fingerprint density at radius 1 is 1.17 bits per heavy atom. The standard InChI is InChI=1S/C23H27ClN4S/c1-3-16-14-29-23-26-21(18-8-4-5-11-25-18)22(28(16)23)17-9-10-19(15(2)20(17)24)27-12-6-7-13-27/h4-5,8-11,16,21-22H,3,6-7,12-14H2,1-2H3/t16-,21+,22-/m1/s1. The highest BCUT2D eigenvalue weighted by Gasteiger charge is 2.46. The molecule has 3 atom stereocenters. The molecule has 152 valence electrons. The predicted molar refractivity (Wildman–Crippen MR) is 123 cm³/mol. The zero-order valence-electron chi connectivity index (χ0n) is 17.0. The molecule has 0 spiro atoms. The van der Waals surface area contributed by atoms with Crippen molar-refractivity contribution in [3.8, 4) is 0 Å². The van der Waals surface area contributed by atoms with Crippen molar-refractivity contribution in [1.29, 1.82) is 0 Å². The van der Waals surface area contributed by atoms with Crippen molar-refractivity contribution in [3.05, 3.63) is 58.4 Å². The molecular weight excluding hydrogens is 400 g/mol. The summed E-state index contributed by atoms with van der Waals surface area (Å²) in [6.07, 6.45) is 5.51. The number of pyridine rings is 1. The second-order valence-electron chi connectivity index (χ2n) is 8.14. The molecule has 6 heteroatoms. The van der Waals surface area contributed by atoms with Gasteiger partial charge in [-0.15, -0.1) is 0 Å². The van der Waals surface area contributed by atoms with Crippen molar-refractivity contribution in [3.63, 3.8) is 0 Å². The van der Waals surface area contributed by atoms with E-state index >= 15 is 0 Å². The summed E-state index contributed by atoms with van der Waals surface area (Å²) in [5.41, 5.74) is 4.68. The van der Waals surface area contributed by atoms with Gasteiger partial charge >= 0.3 is 0 Å². The molecule has 3 aliphatic rings. The number of anilines is 1. The number of aromatic nitrogens is 1. The SMILES string of the molecule is CC[C@@H]1CSC2=N[C@@H](c3ccccn3)[C@@H](c3ccc(N4CCCC4)c(C)c3Cl)N21. The summed E-state index contributed by atoms with van der Waals surface area (Å²) >= 11 is 8.93. The average molecular weight is 427 g/mol. The first-order chi connectivity index (χ1) is 14.2. The van der Waals surface area contributed by atoms with Crippen LogP contribution in [0.1, 0.15) is 55.1 Å².